The lowest BCUT2D eigenvalue weighted by molar-refractivity contribution is -0.116. The van der Waals surface area contributed by atoms with Crippen LogP contribution < -0.4 is 26.0 Å². The number of rotatable bonds is 4. The summed E-state index contributed by atoms with van der Waals surface area (Å²) in [6.45, 7) is 0. The van der Waals surface area contributed by atoms with Gasteiger partial charge in [0.15, 0.2) is 0 Å². The van der Waals surface area contributed by atoms with Gasteiger partial charge in [-0.3, -0.25) is 19.1 Å². The smallest absolute Gasteiger partial charge is 0.329 e. The fourth-order valence-electron chi connectivity index (χ4n) is 4.33. The summed E-state index contributed by atoms with van der Waals surface area (Å²) in [5.41, 5.74) is 2.17. The molecule has 3 heterocycles. The number of H-pyrrole nitrogens is 2. The first-order valence-corrected chi connectivity index (χ1v) is 9.91. The lowest BCUT2D eigenvalue weighted by Gasteiger charge is -2.14. The van der Waals surface area contributed by atoms with E-state index in [1.54, 1.807) is 32.4 Å². The minimum atomic E-state index is -0.760. The number of hydrogen-bond acceptors (Lipinski definition) is 5. The van der Waals surface area contributed by atoms with E-state index in [9.17, 15) is 14.4 Å². The van der Waals surface area contributed by atoms with Gasteiger partial charge in [0.25, 0.3) is 5.56 Å². The summed E-state index contributed by atoms with van der Waals surface area (Å²) in [6.07, 6.45) is 0. The maximum Gasteiger partial charge on any atom is 0.329 e. The van der Waals surface area contributed by atoms with E-state index in [-0.39, 0.29) is 11.3 Å². The molecule has 0 fully saturated rings. The van der Waals surface area contributed by atoms with Crippen molar-refractivity contribution in [2.45, 2.75) is 5.92 Å². The predicted octanol–water partition coefficient (Wildman–Crippen LogP) is 2.32. The van der Waals surface area contributed by atoms with Gasteiger partial charge in [-0.1, -0.05) is 18.2 Å². The maximum absolute atomic E-state index is 13.1. The van der Waals surface area contributed by atoms with Crippen molar-refractivity contribution >= 4 is 22.6 Å². The number of para-hydroxylation sites is 1. The van der Waals surface area contributed by atoms with E-state index in [1.807, 2.05) is 24.3 Å². The van der Waals surface area contributed by atoms with Crippen LogP contribution in [-0.4, -0.2) is 34.7 Å². The third-order valence-corrected chi connectivity index (χ3v) is 5.86. The van der Waals surface area contributed by atoms with Crippen LogP contribution in [0.2, 0.25) is 0 Å². The summed E-state index contributed by atoms with van der Waals surface area (Å²) in [4.78, 5) is 44.0. The minimum absolute atomic E-state index is 0.240. The Balaban J connectivity index is 1.94. The molecule has 9 nitrogen and oxygen atoms in total. The van der Waals surface area contributed by atoms with Crippen LogP contribution in [0.3, 0.4) is 0 Å². The van der Waals surface area contributed by atoms with Crippen molar-refractivity contribution in [2.75, 3.05) is 19.5 Å². The highest BCUT2D eigenvalue weighted by Gasteiger charge is 2.37. The second-order valence-corrected chi connectivity index (χ2v) is 7.53. The third kappa shape index (κ3) is 2.74. The molecule has 0 aliphatic carbocycles. The molecule has 2 aromatic carbocycles. The van der Waals surface area contributed by atoms with E-state index in [0.717, 1.165) is 5.56 Å². The van der Waals surface area contributed by atoms with Gasteiger partial charge in [0, 0.05) is 23.9 Å². The number of aromatic amines is 2. The monoisotopic (exact) mass is 432 g/mol. The van der Waals surface area contributed by atoms with Crippen LogP contribution in [0.15, 0.2) is 52.1 Å². The van der Waals surface area contributed by atoms with Crippen molar-refractivity contribution in [3.8, 4) is 22.8 Å². The third-order valence-electron chi connectivity index (χ3n) is 5.86. The molecule has 1 aliphatic rings. The largest absolute Gasteiger partial charge is 0.497 e. The van der Waals surface area contributed by atoms with Crippen LogP contribution >= 0.6 is 0 Å². The van der Waals surface area contributed by atoms with Gasteiger partial charge in [-0.2, -0.15) is 0 Å². The summed E-state index contributed by atoms with van der Waals surface area (Å²) in [5.74, 6) is 0.0733. The molecule has 0 saturated carbocycles. The number of carbonyl (C=O) groups is 1. The van der Waals surface area contributed by atoms with Gasteiger partial charge >= 0.3 is 5.69 Å². The van der Waals surface area contributed by atoms with Gasteiger partial charge < -0.3 is 19.8 Å². The normalized spacial score (nSPS) is 15.0. The molecular formula is C23H20N4O5. The molecule has 1 aliphatic heterocycles. The minimum Gasteiger partial charge on any atom is -0.497 e. The van der Waals surface area contributed by atoms with E-state index in [1.165, 1.54) is 11.7 Å². The van der Waals surface area contributed by atoms with Gasteiger partial charge in [0.2, 0.25) is 5.91 Å². The molecule has 0 bridgehead atoms. The summed E-state index contributed by atoms with van der Waals surface area (Å²) >= 11 is 0. The topological polar surface area (TPSA) is 118 Å². The number of methoxy groups -OCH3 is 2. The zero-order valence-electron chi connectivity index (χ0n) is 17.6. The molecule has 4 aromatic rings. The molecule has 162 valence electrons. The summed E-state index contributed by atoms with van der Waals surface area (Å²) in [5, 5.41) is 3.13. The molecule has 1 atom stereocenters. The summed E-state index contributed by atoms with van der Waals surface area (Å²) in [7, 11) is 4.64. The number of benzene rings is 2. The summed E-state index contributed by atoms with van der Waals surface area (Å²) < 4.78 is 12.3. The Morgan fingerprint density at radius 3 is 2.50 bits per heavy atom. The molecule has 5 rings (SSSR count). The molecule has 9 heteroatoms. The van der Waals surface area contributed by atoms with E-state index in [0.29, 0.717) is 39.7 Å². The average Bonchev–Trinajstić information content (AvgIpc) is 3.34. The zero-order chi connectivity index (χ0) is 22.6. The van der Waals surface area contributed by atoms with Gasteiger partial charge in [-0.05, 0) is 29.8 Å². The van der Waals surface area contributed by atoms with Crippen LogP contribution in [-0.2, 0) is 11.8 Å². The molecule has 1 amide bonds. The molecule has 0 radical (unpaired) electrons. The van der Waals surface area contributed by atoms with Crippen molar-refractivity contribution in [1.82, 2.24) is 14.5 Å². The first-order chi connectivity index (χ1) is 15.4. The Labute approximate surface area is 181 Å². The number of aryl methyl sites for hydroxylation is 1. The number of aromatic nitrogens is 3. The van der Waals surface area contributed by atoms with Crippen LogP contribution in [0, 0.1) is 0 Å². The molecule has 3 N–H and O–H groups in total. The summed E-state index contributed by atoms with van der Waals surface area (Å²) in [6, 6.07) is 12.6. The van der Waals surface area contributed by atoms with E-state index < -0.39 is 17.2 Å². The van der Waals surface area contributed by atoms with Gasteiger partial charge in [0.1, 0.15) is 17.1 Å². The number of nitrogens with one attached hydrogen (secondary N) is 3. The Bertz CT molecular complexity index is 1510. The number of carbonyl (C=O) groups excluding carboxylic acids is 1. The number of fused-ring (bicyclic) bond motifs is 2. The van der Waals surface area contributed by atoms with Crippen LogP contribution in [0.1, 0.15) is 17.0 Å². The maximum atomic E-state index is 13.1. The SMILES string of the molecule is COc1ccc(OC)c(-c2[nH]c3c(c2[C@H]2C(=O)Nc4ccccc42)c(=O)[nH]c(=O)n3C)c1. The lowest BCUT2D eigenvalue weighted by Crippen LogP contribution is -2.28. The van der Waals surface area contributed by atoms with Crippen molar-refractivity contribution in [2.24, 2.45) is 7.05 Å². The van der Waals surface area contributed by atoms with Crippen molar-refractivity contribution in [1.29, 1.82) is 0 Å². The highest BCUT2D eigenvalue weighted by Crippen LogP contribution is 2.45. The Hall–Kier alpha value is -4.27. The number of ether oxygens (including phenoxy) is 2. The Kier molecular flexibility index (Phi) is 4.40. The molecule has 32 heavy (non-hydrogen) atoms. The van der Waals surface area contributed by atoms with Crippen LogP contribution in [0.25, 0.3) is 22.3 Å². The fourth-order valence-corrected chi connectivity index (χ4v) is 4.33. The molecular weight excluding hydrogens is 412 g/mol. The second-order valence-electron chi connectivity index (χ2n) is 7.53. The van der Waals surface area contributed by atoms with Crippen LogP contribution in [0.4, 0.5) is 5.69 Å². The number of amides is 1. The lowest BCUT2D eigenvalue weighted by atomic mass is 9.89. The average molecular weight is 432 g/mol. The zero-order valence-corrected chi connectivity index (χ0v) is 17.6. The van der Waals surface area contributed by atoms with Crippen molar-refractivity contribution in [3.05, 3.63) is 74.4 Å². The Morgan fingerprint density at radius 1 is 0.969 bits per heavy atom. The van der Waals surface area contributed by atoms with Gasteiger partial charge in [-0.15, -0.1) is 0 Å². The highest BCUT2D eigenvalue weighted by atomic mass is 16.5. The van der Waals surface area contributed by atoms with E-state index in [2.05, 4.69) is 15.3 Å². The van der Waals surface area contributed by atoms with E-state index >= 15 is 0 Å². The predicted molar refractivity (Wildman–Crippen MR) is 120 cm³/mol. The highest BCUT2D eigenvalue weighted by molar-refractivity contribution is 6.09. The standard InChI is InChI=1S/C23H20N4O5/c1-27-20-18(22(29)26-23(27)30)17(16-12-6-4-5-7-14(12)24-21(16)28)19(25-20)13-10-11(31-2)8-9-15(13)32-3/h4-10,16,25H,1-3H3,(H,24,28)(H,26,29,30)/t16-/m0/s1. The van der Waals surface area contributed by atoms with E-state index in [4.69, 9.17) is 9.47 Å². The number of hydrogen-bond donors (Lipinski definition) is 3. The molecule has 0 saturated heterocycles. The Morgan fingerprint density at radius 2 is 1.75 bits per heavy atom. The van der Waals surface area contributed by atoms with Gasteiger partial charge in [-0.25, -0.2) is 4.79 Å². The number of nitrogens with zero attached hydrogens (tertiary/aromatic N) is 1. The van der Waals surface area contributed by atoms with Crippen molar-refractivity contribution < 1.29 is 14.3 Å². The first kappa shape index (κ1) is 19.7. The first-order valence-electron chi connectivity index (χ1n) is 9.91. The molecule has 0 spiro atoms. The quantitative estimate of drug-likeness (QED) is 0.457. The molecule has 0 unspecified atom stereocenters. The second kappa shape index (κ2) is 7.16. The van der Waals surface area contributed by atoms with Gasteiger partial charge in [0.05, 0.1) is 31.2 Å². The fraction of sp³-hybridized carbons (Fsp3) is 0.174. The number of anilines is 1. The van der Waals surface area contributed by atoms with Crippen molar-refractivity contribution in [3.63, 3.8) is 0 Å². The van der Waals surface area contributed by atoms with Crippen LogP contribution in [0.5, 0.6) is 11.5 Å². The molecule has 2 aromatic heterocycles.